The van der Waals surface area contributed by atoms with E-state index in [1.165, 1.54) is 6.92 Å². The molecule has 12 heavy (non-hydrogen) atoms. The van der Waals surface area contributed by atoms with Crippen molar-refractivity contribution in [2.24, 2.45) is 5.92 Å². The van der Waals surface area contributed by atoms with Gasteiger partial charge in [-0.1, -0.05) is 13.5 Å². The van der Waals surface area contributed by atoms with Crippen molar-refractivity contribution in [3.63, 3.8) is 0 Å². The van der Waals surface area contributed by atoms with Gasteiger partial charge in [-0.2, -0.15) is 0 Å². The zero-order valence-electron chi connectivity index (χ0n) is 6.69. The summed E-state index contributed by atoms with van der Waals surface area (Å²) in [5.41, 5.74) is -0.426. The van der Waals surface area contributed by atoms with E-state index in [2.05, 4.69) is 6.58 Å². The maximum absolute atomic E-state index is 10.3. The standard InChI is InChI=1S/C7H12O5/c1-3-5(7(10,11)12)4(2)6(8)9/h5,10-12H,2-3H2,1H3,(H,8,9). The van der Waals surface area contributed by atoms with Gasteiger partial charge in [0.1, 0.15) is 0 Å². The zero-order chi connectivity index (χ0) is 9.94. The molecule has 0 aromatic rings. The largest absolute Gasteiger partial charge is 0.478 e. The molecule has 0 amide bonds. The lowest BCUT2D eigenvalue weighted by Gasteiger charge is -2.24. The second kappa shape index (κ2) is 3.66. The number of carboxylic acid groups (broad SMARTS) is 1. The lowest BCUT2D eigenvalue weighted by molar-refractivity contribution is -0.335. The van der Waals surface area contributed by atoms with E-state index in [0.717, 1.165) is 0 Å². The first kappa shape index (κ1) is 11.1. The highest BCUT2D eigenvalue weighted by atomic mass is 16.7. The summed E-state index contributed by atoms with van der Waals surface area (Å²) in [6, 6.07) is 0. The number of aliphatic carboxylic acids is 1. The lowest BCUT2D eigenvalue weighted by atomic mass is 9.95. The Hall–Kier alpha value is -0.910. The average molecular weight is 176 g/mol. The molecule has 1 unspecified atom stereocenters. The van der Waals surface area contributed by atoms with Crippen molar-refractivity contribution in [1.82, 2.24) is 0 Å². The van der Waals surface area contributed by atoms with Crippen molar-refractivity contribution in [2.45, 2.75) is 19.3 Å². The van der Waals surface area contributed by atoms with Crippen molar-refractivity contribution in [3.05, 3.63) is 12.2 Å². The van der Waals surface area contributed by atoms with E-state index >= 15 is 0 Å². The van der Waals surface area contributed by atoms with Crippen molar-refractivity contribution in [1.29, 1.82) is 0 Å². The number of rotatable bonds is 4. The molecular formula is C7H12O5. The third-order valence-electron chi connectivity index (χ3n) is 1.57. The fraction of sp³-hybridized carbons (Fsp3) is 0.571. The van der Waals surface area contributed by atoms with E-state index in [0.29, 0.717) is 0 Å². The van der Waals surface area contributed by atoms with Crippen molar-refractivity contribution < 1.29 is 25.2 Å². The summed E-state index contributed by atoms with van der Waals surface area (Å²) < 4.78 is 0. The van der Waals surface area contributed by atoms with Gasteiger partial charge in [0, 0.05) is 5.57 Å². The molecule has 70 valence electrons. The fourth-order valence-corrected chi connectivity index (χ4v) is 0.903. The summed E-state index contributed by atoms with van der Waals surface area (Å²) in [6.45, 7) is 4.62. The van der Waals surface area contributed by atoms with Crippen LogP contribution in [0.5, 0.6) is 0 Å². The molecule has 4 N–H and O–H groups in total. The van der Waals surface area contributed by atoms with Crippen LogP contribution in [0.15, 0.2) is 12.2 Å². The summed E-state index contributed by atoms with van der Waals surface area (Å²) in [5.74, 6) is -5.64. The van der Waals surface area contributed by atoms with Crippen LogP contribution in [0.1, 0.15) is 13.3 Å². The lowest BCUT2D eigenvalue weighted by Crippen LogP contribution is -2.39. The second-order valence-corrected chi connectivity index (χ2v) is 2.48. The maximum atomic E-state index is 10.3. The molecule has 1 atom stereocenters. The van der Waals surface area contributed by atoms with E-state index < -0.39 is 23.4 Å². The molecule has 0 aliphatic heterocycles. The summed E-state index contributed by atoms with van der Waals surface area (Å²) in [5, 5.41) is 34.5. The Kier molecular flexibility index (Phi) is 3.38. The number of hydrogen-bond acceptors (Lipinski definition) is 4. The highest BCUT2D eigenvalue weighted by Gasteiger charge is 2.35. The third kappa shape index (κ3) is 2.61. The first-order valence-corrected chi connectivity index (χ1v) is 3.39. The Labute approximate surface area is 69.6 Å². The molecule has 0 saturated heterocycles. The summed E-state index contributed by atoms with van der Waals surface area (Å²) in [7, 11) is 0. The Balaban J connectivity index is 4.58. The predicted octanol–water partition coefficient (Wildman–Crippen LogP) is -0.716. The average Bonchev–Trinajstić information content (AvgIpc) is 1.85. The zero-order valence-corrected chi connectivity index (χ0v) is 6.69. The Morgan fingerprint density at radius 3 is 2.00 bits per heavy atom. The summed E-state index contributed by atoms with van der Waals surface area (Å²) >= 11 is 0. The molecule has 0 spiro atoms. The molecule has 0 saturated carbocycles. The monoisotopic (exact) mass is 176 g/mol. The normalized spacial score (nSPS) is 14.0. The van der Waals surface area contributed by atoms with E-state index in [4.69, 9.17) is 20.4 Å². The molecule has 0 bridgehead atoms. The van der Waals surface area contributed by atoms with E-state index in [-0.39, 0.29) is 6.42 Å². The molecule has 0 radical (unpaired) electrons. The van der Waals surface area contributed by atoms with Crippen LogP contribution < -0.4 is 0 Å². The number of carbonyl (C=O) groups is 1. The predicted molar refractivity (Wildman–Crippen MR) is 39.9 cm³/mol. The molecule has 0 aromatic carbocycles. The van der Waals surface area contributed by atoms with Crippen LogP contribution in [0.3, 0.4) is 0 Å². The first-order chi connectivity index (χ1) is 5.30. The van der Waals surface area contributed by atoms with Crippen LogP contribution >= 0.6 is 0 Å². The quantitative estimate of drug-likeness (QED) is 0.335. The van der Waals surface area contributed by atoms with Crippen LogP contribution in [-0.4, -0.2) is 32.4 Å². The van der Waals surface area contributed by atoms with Crippen LogP contribution in [0.2, 0.25) is 0 Å². The van der Waals surface area contributed by atoms with Crippen molar-refractivity contribution >= 4 is 5.97 Å². The highest BCUT2D eigenvalue weighted by molar-refractivity contribution is 5.86. The molecule has 0 fully saturated rings. The van der Waals surface area contributed by atoms with E-state index in [9.17, 15) is 4.79 Å². The van der Waals surface area contributed by atoms with Gasteiger partial charge in [0.2, 0.25) is 0 Å². The van der Waals surface area contributed by atoms with Gasteiger partial charge in [-0.25, -0.2) is 4.79 Å². The van der Waals surface area contributed by atoms with E-state index in [1.54, 1.807) is 0 Å². The molecule has 0 rings (SSSR count). The van der Waals surface area contributed by atoms with Gasteiger partial charge in [-0.15, -0.1) is 0 Å². The smallest absolute Gasteiger partial charge is 0.331 e. The molecule has 0 aliphatic rings. The van der Waals surface area contributed by atoms with Crippen LogP contribution in [0.4, 0.5) is 0 Å². The molecule has 5 heteroatoms. The maximum Gasteiger partial charge on any atom is 0.331 e. The van der Waals surface area contributed by atoms with E-state index in [1.807, 2.05) is 0 Å². The molecular weight excluding hydrogens is 164 g/mol. The van der Waals surface area contributed by atoms with Crippen molar-refractivity contribution in [2.75, 3.05) is 0 Å². The Morgan fingerprint density at radius 2 is 1.92 bits per heavy atom. The molecule has 0 aromatic heterocycles. The minimum atomic E-state index is -3.01. The van der Waals surface area contributed by atoms with Crippen LogP contribution in [0.25, 0.3) is 0 Å². The Bertz CT molecular complexity index is 190. The van der Waals surface area contributed by atoms with Gasteiger partial charge in [0.25, 0.3) is 5.97 Å². The van der Waals surface area contributed by atoms with Gasteiger partial charge < -0.3 is 20.4 Å². The van der Waals surface area contributed by atoms with Crippen LogP contribution in [-0.2, 0) is 4.79 Å². The molecule has 0 heterocycles. The SMILES string of the molecule is C=C(C(=O)O)C(CC)C(O)(O)O. The van der Waals surface area contributed by atoms with Gasteiger partial charge in [-0.05, 0) is 6.42 Å². The van der Waals surface area contributed by atoms with Crippen molar-refractivity contribution in [3.8, 4) is 0 Å². The van der Waals surface area contributed by atoms with Crippen LogP contribution in [0, 0.1) is 5.92 Å². The van der Waals surface area contributed by atoms with Gasteiger partial charge >= 0.3 is 5.97 Å². The minimum absolute atomic E-state index is 0.0780. The number of carboxylic acids is 1. The minimum Gasteiger partial charge on any atom is -0.478 e. The second-order valence-electron chi connectivity index (χ2n) is 2.48. The summed E-state index contributed by atoms with van der Waals surface area (Å²) in [4.78, 5) is 10.3. The third-order valence-corrected chi connectivity index (χ3v) is 1.57. The topological polar surface area (TPSA) is 98.0 Å². The molecule has 0 aliphatic carbocycles. The number of aliphatic hydroxyl groups is 3. The highest BCUT2D eigenvalue weighted by Crippen LogP contribution is 2.22. The first-order valence-electron chi connectivity index (χ1n) is 3.39. The van der Waals surface area contributed by atoms with Gasteiger partial charge in [0.15, 0.2) is 0 Å². The van der Waals surface area contributed by atoms with Gasteiger partial charge in [0.05, 0.1) is 5.92 Å². The number of hydrogen-bond donors (Lipinski definition) is 4. The fourth-order valence-electron chi connectivity index (χ4n) is 0.903. The summed E-state index contributed by atoms with van der Waals surface area (Å²) in [6.07, 6.45) is 0.0780. The Morgan fingerprint density at radius 1 is 1.50 bits per heavy atom. The van der Waals surface area contributed by atoms with Gasteiger partial charge in [-0.3, -0.25) is 0 Å². The molecule has 5 nitrogen and oxygen atoms in total.